The quantitative estimate of drug-likeness (QED) is 0.932. The summed E-state index contributed by atoms with van der Waals surface area (Å²) in [5.74, 6) is 1.34. The van der Waals surface area contributed by atoms with Crippen molar-refractivity contribution in [2.45, 2.75) is 51.1 Å². The molecule has 0 bridgehead atoms. The van der Waals surface area contributed by atoms with Crippen molar-refractivity contribution in [1.29, 1.82) is 0 Å². The SMILES string of the molecule is COc1cccc(CN2CCCCCNC(=O)[C@@H]3CCC[C@@H]32)c1. The van der Waals surface area contributed by atoms with Crippen LogP contribution in [-0.4, -0.2) is 37.0 Å². The van der Waals surface area contributed by atoms with Gasteiger partial charge in [0.25, 0.3) is 0 Å². The molecule has 2 atom stereocenters. The van der Waals surface area contributed by atoms with Crippen molar-refractivity contribution in [1.82, 2.24) is 10.2 Å². The van der Waals surface area contributed by atoms with Crippen molar-refractivity contribution in [2.24, 2.45) is 5.92 Å². The van der Waals surface area contributed by atoms with Gasteiger partial charge in [0.1, 0.15) is 5.75 Å². The third-order valence-electron chi connectivity index (χ3n) is 5.23. The van der Waals surface area contributed by atoms with E-state index >= 15 is 0 Å². The molecule has 0 radical (unpaired) electrons. The lowest BCUT2D eigenvalue weighted by atomic mass is 9.98. The number of methoxy groups -OCH3 is 1. The van der Waals surface area contributed by atoms with Crippen LogP contribution in [0.4, 0.5) is 0 Å². The Morgan fingerprint density at radius 3 is 3.00 bits per heavy atom. The first-order valence-electron chi connectivity index (χ1n) is 8.92. The minimum Gasteiger partial charge on any atom is -0.497 e. The van der Waals surface area contributed by atoms with E-state index in [9.17, 15) is 4.79 Å². The van der Waals surface area contributed by atoms with E-state index in [4.69, 9.17) is 4.74 Å². The number of nitrogens with zero attached hydrogens (tertiary/aromatic N) is 1. The molecular formula is C19H28N2O2. The summed E-state index contributed by atoms with van der Waals surface area (Å²) in [4.78, 5) is 15.0. The molecule has 1 heterocycles. The van der Waals surface area contributed by atoms with Crippen molar-refractivity contribution >= 4 is 5.91 Å². The molecule has 0 spiro atoms. The predicted molar refractivity (Wildman–Crippen MR) is 91.4 cm³/mol. The highest BCUT2D eigenvalue weighted by Crippen LogP contribution is 2.32. The summed E-state index contributed by atoms with van der Waals surface area (Å²) in [6.45, 7) is 2.84. The molecule has 23 heavy (non-hydrogen) atoms. The zero-order chi connectivity index (χ0) is 16.1. The van der Waals surface area contributed by atoms with Gasteiger partial charge in [-0.1, -0.05) is 25.0 Å². The van der Waals surface area contributed by atoms with Crippen LogP contribution < -0.4 is 10.1 Å². The van der Waals surface area contributed by atoms with Crippen molar-refractivity contribution < 1.29 is 9.53 Å². The maximum Gasteiger partial charge on any atom is 0.224 e. The lowest BCUT2D eigenvalue weighted by Crippen LogP contribution is -2.45. The highest BCUT2D eigenvalue weighted by molar-refractivity contribution is 5.79. The van der Waals surface area contributed by atoms with Gasteiger partial charge in [0.05, 0.1) is 13.0 Å². The minimum atomic E-state index is 0.165. The number of fused-ring (bicyclic) bond motifs is 1. The Bertz CT molecular complexity index is 532. The minimum absolute atomic E-state index is 0.165. The van der Waals surface area contributed by atoms with Crippen molar-refractivity contribution in [2.75, 3.05) is 20.2 Å². The summed E-state index contributed by atoms with van der Waals surface area (Å²) < 4.78 is 5.35. The van der Waals surface area contributed by atoms with E-state index in [2.05, 4.69) is 22.3 Å². The summed E-state index contributed by atoms with van der Waals surface area (Å²) >= 11 is 0. The molecular weight excluding hydrogens is 288 g/mol. The van der Waals surface area contributed by atoms with Gasteiger partial charge in [-0.05, 0) is 49.9 Å². The third kappa shape index (κ3) is 4.05. The zero-order valence-electron chi connectivity index (χ0n) is 14.1. The fourth-order valence-corrected chi connectivity index (χ4v) is 4.01. The lowest BCUT2D eigenvalue weighted by molar-refractivity contribution is -0.126. The van der Waals surface area contributed by atoms with E-state index in [1.807, 2.05) is 12.1 Å². The van der Waals surface area contributed by atoms with E-state index in [1.54, 1.807) is 7.11 Å². The van der Waals surface area contributed by atoms with E-state index in [0.29, 0.717) is 6.04 Å². The molecule has 2 aliphatic rings. The smallest absolute Gasteiger partial charge is 0.224 e. The molecule has 1 amide bonds. The molecule has 3 rings (SSSR count). The average Bonchev–Trinajstić information content (AvgIpc) is 3.06. The third-order valence-corrected chi connectivity index (χ3v) is 5.23. The Morgan fingerprint density at radius 2 is 2.13 bits per heavy atom. The van der Waals surface area contributed by atoms with Crippen molar-refractivity contribution in [3.8, 4) is 5.75 Å². The first kappa shape index (κ1) is 16.3. The van der Waals surface area contributed by atoms with Crippen LogP contribution in [0.3, 0.4) is 0 Å². The van der Waals surface area contributed by atoms with Gasteiger partial charge in [0.2, 0.25) is 5.91 Å². The first-order chi connectivity index (χ1) is 11.3. The van der Waals surface area contributed by atoms with Gasteiger partial charge >= 0.3 is 0 Å². The average molecular weight is 316 g/mol. The number of carbonyl (C=O) groups is 1. The molecule has 4 nitrogen and oxygen atoms in total. The van der Waals surface area contributed by atoms with E-state index < -0.39 is 0 Å². The molecule has 1 aromatic rings. The van der Waals surface area contributed by atoms with E-state index in [1.165, 1.54) is 18.4 Å². The molecule has 1 aliphatic heterocycles. The molecule has 1 saturated heterocycles. The van der Waals surface area contributed by atoms with Gasteiger partial charge in [-0.15, -0.1) is 0 Å². The normalized spacial score (nSPS) is 26.4. The number of rotatable bonds is 3. The molecule has 1 saturated carbocycles. The lowest BCUT2D eigenvalue weighted by Gasteiger charge is -2.33. The summed E-state index contributed by atoms with van der Waals surface area (Å²) in [6, 6.07) is 8.69. The number of nitrogens with one attached hydrogen (secondary N) is 1. The van der Waals surface area contributed by atoms with E-state index in [-0.39, 0.29) is 11.8 Å². The second kappa shape index (κ2) is 7.82. The number of benzene rings is 1. The second-order valence-corrected chi connectivity index (χ2v) is 6.78. The fraction of sp³-hybridized carbons (Fsp3) is 0.632. The summed E-state index contributed by atoms with van der Waals surface area (Å²) in [6.07, 6.45) is 6.83. The molecule has 1 aliphatic carbocycles. The Labute approximate surface area is 139 Å². The highest BCUT2D eigenvalue weighted by Gasteiger charge is 2.36. The number of carbonyl (C=O) groups excluding carboxylic acids is 1. The van der Waals surface area contributed by atoms with Crippen LogP contribution in [0.1, 0.15) is 44.1 Å². The van der Waals surface area contributed by atoms with Gasteiger partial charge in [-0.3, -0.25) is 9.69 Å². The number of ether oxygens (including phenoxy) is 1. The Hall–Kier alpha value is -1.55. The largest absolute Gasteiger partial charge is 0.497 e. The summed E-state index contributed by atoms with van der Waals surface area (Å²) in [5, 5.41) is 3.14. The van der Waals surface area contributed by atoms with Crippen LogP contribution in [0.15, 0.2) is 24.3 Å². The van der Waals surface area contributed by atoms with Crippen LogP contribution in [0, 0.1) is 5.92 Å². The van der Waals surface area contributed by atoms with E-state index in [0.717, 1.165) is 51.1 Å². The maximum atomic E-state index is 12.5. The highest BCUT2D eigenvalue weighted by atomic mass is 16.5. The van der Waals surface area contributed by atoms with Crippen LogP contribution in [-0.2, 0) is 11.3 Å². The molecule has 0 aromatic heterocycles. The van der Waals surface area contributed by atoms with Gasteiger partial charge in [-0.25, -0.2) is 0 Å². The maximum absolute atomic E-state index is 12.5. The number of amides is 1. The van der Waals surface area contributed by atoms with Gasteiger partial charge in [-0.2, -0.15) is 0 Å². The molecule has 126 valence electrons. The molecule has 1 aromatic carbocycles. The van der Waals surface area contributed by atoms with Crippen molar-refractivity contribution in [3.63, 3.8) is 0 Å². The molecule has 2 fully saturated rings. The van der Waals surface area contributed by atoms with Crippen LogP contribution in [0.2, 0.25) is 0 Å². The van der Waals surface area contributed by atoms with Gasteiger partial charge < -0.3 is 10.1 Å². The molecule has 0 unspecified atom stereocenters. The zero-order valence-corrected chi connectivity index (χ0v) is 14.1. The fourth-order valence-electron chi connectivity index (χ4n) is 4.01. The Balaban J connectivity index is 1.76. The van der Waals surface area contributed by atoms with Crippen LogP contribution in [0.5, 0.6) is 5.75 Å². The first-order valence-corrected chi connectivity index (χ1v) is 8.92. The second-order valence-electron chi connectivity index (χ2n) is 6.78. The summed E-state index contributed by atoms with van der Waals surface area (Å²) in [5.41, 5.74) is 1.27. The van der Waals surface area contributed by atoms with Crippen molar-refractivity contribution in [3.05, 3.63) is 29.8 Å². The van der Waals surface area contributed by atoms with Crippen LogP contribution >= 0.6 is 0 Å². The predicted octanol–water partition coefficient (Wildman–Crippen LogP) is 2.97. The van der Waals surface area contributed by atoms with Gasteiger partial charge in [0, 0.05) is 19.1 Å². The Morgan fingerprint density at radius 1 is 1.22 bits per heavy atom. The van der Waals surface area contributed by atoms with Crippen LogP contribution in [0.25, 0.3) is 0 Å². The Kier molecular flexibility index (Phi) is 5.55. The number of hydrogen-bond donors (Lipinski definition) is 1. The monoisotopic (exact) mass is 316 g/mol. The summed E-state index contributed by atoms with van der Waals surface area (Å²) in [7, 11) is 1.71. The molecule has 4 heteroatoms. The molecule has 1 N–H and O–H groups in total. The number of hydrogen-bond acceptors (Lipinski definition) is 3. The topological polar surface area (TPSA) is 41.6 Å². The standard InChI is InChI=1S/C19H28N2O2/c1-23-16-8-5-7-15(13-16)14-21-12-4-2-3-11-20-19(22)17-9-6-10-18(17)21/h5,7-8,13,17-18H,2-4,6,9-12,14H2,1H3,(H,20,22)/t17-,18+/m1/s1. The van der Waals surface area contributed by atoms with Gasteiger partial charge in [0.15, 0.2) is 0 Å².